The molecule has 0 aliphatic heterocycles. The second-order valence-electron chi connectivity index (χ2n) is 4.30. The highest BCUT2D eigenvalue weighted by molar-refractivity contribution is 8.00. The van der Waals surface area contributed by atoms with E-state index in [1.54, 1.807) is 11.8 Å². The van der Waals surface area contributed by atoms with Gasteiger partial charge >= 0.3 is 0 Å². The first kappa shape index (κ1) is 11.6. The molecule has 2 aromatic carbocycles. The van der Waals surface area contributed by atoms with Gasteiger partial charge in [-0.3, -0.25) is 0 Å². The number of fused-ring (bicyclic) bond motifs is 1. The largest absolute Gasteiger partial charge is 0.226 e. The van der Waals surface area contributed by atoms with Crippen molar-refractivity contribution in [2.45, 2.75) is 16.2 Å². The maximum atomic E-state index is 12.4. The van der Waals surface area contributed by atoms with Crippen molar-refractivity contribution in [3.63, 3.8) is 0 Å². The van der Waals surface area contributed by atoms with Crippen LogP contribution in [0.3, 0.4) is 0 Å². The summed E-state index contributed by atoms with van der Waals surface area (Å²) in [5, 5.41) is 12.4. The average molecular weight is 253 g/mol. The van der Waals surface area contributed by atoms with Gasteiger partial charge in [-0.25, -0.2) is 5.11 Å². The smallest absolute Gasteiger partial charge is 0.134 e. The molecule has 1 radical (unpaired) electrons. The Hall–Kier alpha value is -1.51. The molecule has 0 aromatic heterocycles. The van der Waals surface area contributed by atoms with Gasteiger partial charge in [-0.05, 0) is 23.3 Å². The Kier molecular flexibility index (Phi) is 3.22. The van der Waals surface area contributed by atoms with Crippen LogP contribution in [0.1, 0.15) is 17.2 Å². The zero-order valence-electron chi connectivity index (χ0n) is 9.82. The molecule has 0 heterocycles. The van der Waals surface area contributed by atoms with Crippen molar-refractivity contribution >= 4 is 17.8 Å². The van der Waals surface area contributed by atoms with Gasteiger partial charge in [-0.2, -0.15) is 0 Å². The lowest BCUT2D eigenvalue weighted by Gasteiger charge is -2.23. The van der Waals surface area contributed by atoms with E-state index in [4.69, 9.17) is 0 Å². The van der Waals surface area contributed by atoms with Gasteiger partial charge in [0, 0.05) is 4.90 Å². The van der Waals surface area contributed by atoms with Gasteiger partial charge in [0.1, 0.15) is 6.10 Å². The number of benzene rings is 2. The molecule has 0 spiro atoms. The molecule has 1 aliphatic carbocycles. The minimum absolute atomic E-state index is 0.0256. The van der Waals surface area contributed by atoms with E-state index in [0.717, 1.165) is 16.0 Å². The van der Waals surface area contributed by atoms with Gasteiger partial charge in [0.25, 0.3) is 0 Å². The van der Waals surface area contributed by atoms with Crippen LogP contribution in [-0.4, -0.2) is 5.25 Å². The van der Waals surface area contributed by atoms with Crippen LogP contribution in [0.25, 0.3) is 6.08 Å². The molecule has 1 nitrogen and oxygen atoms in total. The van der Waals surface area contributed by atoms with E-state index in [-0.39, 0.29) is 5.25 Å². The Morgan fingerprint density at radius 1 is 0.889 bits per heavy atom. The normalized spacial score (nSPS) is 21.6. The molecule has 1 aliphatic rings. The van der Waals surface area contributed by atoms with Crippen LogP contribution in [0.4, 0.5) is 0 Å². The third-order valence-corrected chi connectivity index (χ3v) is 4.30. The topological polar surface area (TPSA) is 19.9 Å². The highest BCUT2D eigenvalue weighted by atomic mass is 32.2. The fraction of sp³-hybridized carbons (Fsp3) is 0.125. The number of rotatable bonds is 2. The quantitative estimate of drug-likeness (QED) is 0.779. The zero-order valence-corrected chi connectivity index (χ0v) is 10.6. The molecule has 89 valence electrons. The van der Waals surface area contributed by atoms with E-state index in [0.29, 0.717) is 0 Å². The van der Waals surface area contributed by atoms with Crippen LogP contribution in [0, 0.1) is 0 Å². The number of hydrogen-bond acceptors (Lipinski definition) is 1. The maximum absolute atomic E-state index is 12.4. The summed E-state index contributed by atoms with van der Waals surface area (Å²) in [5.41, 5.74) is 1.97. The van der Waals surface area contributed by atoms with Crippen molar-refractivity contribution in [2.75, 3.05) is 0 Å². The summed E-state index contributed by atoms with van der Waals surface area (Å²) < 4.78 is 0. The first-order chi connectivity index (χ1) is 8.84. The second-order valence-corrected chi connectivity index (χ2v) is 5.56. The van der Waals surface area contributed by atoms with E-state index >= 15 is 0 Å². The van der Waals surface area contributed by atoms with E-state index in [1.165, 1.54) is 0 Å². The lowest BCUT2D eigenvalue weighted by atomic mass is 9.95. The third kappa shape index (κ3) is 2.22. The Morgan fingerprint density at radius 3 is 2.44 bits per heavy atom. The van der Waals surface area contributed by atoms with Crippen LogP contribution in [0.5, 0.6) is 0 Å². The van der Waals surface area contributed by atoms with Gasteiger partial charge in [0.2, 0.25) is 0 Å². The summed E-state index contributed by atoms with van der Waals surface area (Å²) in [6.45, 7) is 0. The molecular formula is C16H13OS. The highest BCUT2D eigenvalue weighted by Crippen LogP contribution is 2.38. The molecule has 2 aromatic rings. The van der Waals surface area contributed by atoms with Crippen LogP contribution < -0.4 is 0 Å². The monoisotopic (exact) mass is 253 g/mol. The Labute approximate surface area is 111 Å². The maximum Gasteiger partial charge on any atom is 0.134 e. The predicted octanol–water partition coefficient (Wildman–Crippen LogP) is 4.35. The van der Waals surface area contributed by atoms with Crippen molar-refractivity contribution in [1.29, 1.82) is 0 Å². The lowest BCUT2D eigenvalue weighted by Crippen LogP contribution is -2.15. The molecule has 0 bridgehead atoms. The van der Waals surface area contributed by atoms with Crippen molar-refractivity contribution in [3.05, 3.63) is 71.8 Å². The molecular weight excluding hydrogens is 240 g/mol. The molecule has 2 atom stereocenters. The summed E-state index contributed by atoms with van der Waals surface area (Å²) in [6.07, 6.45) is 3.40. The van der Waals surface area contributed by atoms with Crippen molar-refractivity contribution in [2.24, 2.45) is 0 Å². The standard InChI is InChI=1S/C16H13OS/c17-16-14-9-5-4-6-12(14)10-11-15(16)18-13-7-2-1-3-8-13/h1-11,15-16H. The van der Waals surface area contributed by atoms with E-state index in [2.05, 4.69) is 6.08 Å². The van der Waals surface area contributed by atoms with Crippen molar-refractivity contribution < 1.29 is 5.11 Å². The molecule has 0 fully saturated rings. The minimum Gasteiger partial charge on any atom is -0.226 e. The highest BCUT2D eigenvalue weighted by Gasteiger charge is 2.26. The number of hydrogen-bond donors (Lipinski definition) is 0. The Morgan fingerprint density at radius 2 is 1.61 bits per heavy atom. The van der Waals surface area contributed by atoms with Crippen molar-refractivity contribution in [1.82, 2.24) is 0 Å². The fourth-order valence-corrected chi connectivity index (χ4v) is 3.21. The molecule has 18 heavy (non-hydrogen) atoms. The van der Waals surface area contributed by atoms with Crippen molar-refractivity contribution in [3.8, 4) is 0 Å². The predicted molar refractivity (Wildman–Crippen MR) is 75.0 cm³/mol. The molecule has 0 saturated carbocycles. The number of thioether (sulfide) groups is 1. The Bertz CT molecular complexity index is 562. The summed E-state index contributed by atoms with van der Waals surface area (Å²) in [5.74, 6) is 0. The first-order valence-electron chi connectivity index (χ1n) is 5.99. The average Bonchev–Trinajstić information content (AvgIpc) is 2.43. The van der Waals surface area contributed by atoms with Crippen LogP contribution in [-0.2, 0) is 5.11 Å². The van der Waals surface area contributed by atoms with E-state index < -0.39 is 6.10 Å². The van der Waals surface area contributed by atoms with Gasteiger partial charge in [0.05, 0.1) is 5.25 Å². The minimum atomic E-state index is -0.684. The van der Waals surface area contributed by atoms with E-state index in [9.17, 15) is 5.11 Å². The summed E-state index contributed by atoms with van der Waals surface area (Å²) in [4.78, 5) is 1.15. The van der Waals surface area contributed by atoms with Gasteiger partial charge < -0.3 is 0 Å². The van der Waals surface area contributed by atoms with Crippen LogP contribution in [0.15, 0.2) is 65.6 Å². The van der Waals surface area contributed by atoms with E-state index in [1.807, 2.05) is 60.7 Å². The second kappa shape index (κ2) is 5.01. The van der Waals surface area contributed by atoms with Crippen LogP contribution in [0.2, 0.25) is 0 Å². The molecule has 3 rings (SSSR count). The van der Waals surface area contributed by atoms with Gasteiger partial charge in [0.15, 0.2) is 0 Å². The van der Waals surface area contributed by atoms with Gasteiger partial charge in [-0.1, -0.05) is 54.6 Å². The molecule has 0 saturated heterocycles. The van der Waals surface area contributed by atoms with Gasteiger partial charge in [-0.15, -0.1) is 11.8 Å². The third-order valence-electron chi connectivity index (χ3n) is 3.08. The summed E-state index contributed by atoms with van der Waals surface area (Å²) in [7, 11) is 0. The SMILES string of the molecule is [O]C1c2ccccc2C=CC1Sc1ccccc1. The Balaban J connectivity index is 1.85. The molecule has 2 unspecified atom stereocenters. The molecule has 2 heteroatoms. The molecule has 0 amide bonds. The fourth-order valence-electron chi connectivity index (χ4n) is 2.16. The zero-order chi connectivity index (χ0) is 12.4. The molecule has 0 N–H and O–H groups in total. The first-order valence-corrected chi connectivity index (χ1v) is 6.87. The summed E-state index contributed by atoms with van der Waals surface area (Å²) >= 11 is 1.64. The summed E-state index contributed by atoms with van der Waals surface area (Å²) in [6, 6.07) is 17.9. The lowest BCUT2D eigenvalue weighted by molar-refractivity contribution is 0.0952. The van der Waals surface area contributed by atoms with Crippen LogP contribution >= 0.6 is 11.8 Å².